The molecule has 0 N–H and O–H groups in total. The summed E-state index contributed by atoms with van der Waals surface area (Å²) in [7, 11) is 0. The number of benzene rings is 1. The number of hydrogen-bond acceptors (Lipinski definition) is 4. The average molecular weight is 313 g/mol. The molecule has 1 aromatic heterocycles. The zero-order valence-electron chi connectivity index (χ0n) is 9.52. The molecule has 3 nitrogen and oxygen atoms in total. The molecule has 0 aliphatic heterocycles. The Bertz CT molecular complexity index is 470. The van der Waals surface area contributed by atoms with Gasteiger partial charge >= 0.3 is 0 Å². The van der Waals surface area contributed by atoms with Gasteiger partial charge in [-0.15, -0.1) is 10.2 Å². The molecule has 0 aliphatic carbocycles. The number of rotatable bonds is 5. The fourth-order valence-corrected chi connectivity index (χ4v) is 2.39. The molecule has 0 atom stereocenters. The van der Waals surface area contributed by atoms with Crippen LogP contribution in [0.1, 0.15) is 19.8 Å². The molecule has 1 heterocycles. The first-order chi connectivity index (χ1) is 8.29. The van der Waals surface area contributed by atoms with Gasteiger partial charge in [0.2, 0.25) is 5.89 Å². The second kappa shape index (κ2) is 6.21. The summed E-state index contributed by atoms with van der Waals surface area (Å²) in [6, 6.07) is 7.84. The highest BCUT2D eigenvalue weighted by Crippen LogP contribution is 2.24. The summed E-state index contributed by atoms with van der Waals surface area (Å²) in [4.78, 5) is 0. The predicted molar refractivity (Wildman–Crippen MR) is 73.1 cm³/mol. The van der Waals surface area contributed by atoms with Crippen LogP contribution in [-0.2, 0) is 0 Å². The highest BCUT2D eigenvalue weighted by atomic mass is 79.9. The van der Waals surface area contributed by atoms with Crippen molar-refractivity contribution in [3.63, 3.8) is 0 Å². The van der Waals surface area contributed by atoms with E-state index in [9.17, 15) is 0 Å². The van der Waals surface area contributed by atoms with Gasteiger partial charge in [0.15, 0.2) is 0 Å². The summed E-state index contributed by atoms with van der Waals surface area (Å²) in [6.45, 7) is 2.17. The smallest absolute Gasteiger partial charge is 0.276 e. The maximum Gasteiger partial charge on any atom is 0.276 e. The van der Waals surface area contributed by atoms with Crippen molar-refractivity contribution in [2.24, 2.45) is 0 Å². The van der Waals surface area contributed by atoms with Gasteiger partial charge in [-0.05, 0) is 30.7 Å². The summed E-state index contributed by atoms with van der Waals surface area (Å²) in [5.74, 6) is 1.61. The summed E-state index contributed by atoms with van der Waals surface area (Å²) >= 11 is 5.01. The Morgan fingerprint density at radius 1 is 1.24 bits per heavy atom. The van der Waals surface area contributed by atoms with Crippen LogP contribution in [0.5, 0.6) is 0 Å². The summed E-state index contributed by atoms with van der Waals surface area (Å²) in [6.07, 6.45) is 2.35. The van der Waals surface area contributed by atoms with Gasteiger partial charge in [0.25, 0.3) is 5.22 Å². The Morgan fingerprint density at radius 3 is 2.71 bits per heavy atom. The van der Waals surface area contributed by atoms with E-state index >= 15 is 0 Å². The van der Waals surface area contributed by atoms with E-state index in [0.29, 0.717) is 11.1 Å². The monoisotopic (exact) mass is 312 g/mol. The van der Waals surface area contributed by atoms with Crippen LogP contribution >= 0.6 is 27.7 Å². The Morgan fingerprint density at radius 2 is 2.00 bits per heavy atom. The van der Waals surface area contributed by atoms with Crippen molar-refractivity contribution in [2.75, 3.05) is 5.75 Å². The zero-order valence-corrected chi connectivity index (χ0v) is 11.9. The molecule has 90 valence electrons. The van der Waals surface area contributed by atoms with E-state index in [1.165, 1.54) is 12.8 Å². The number of nitrogens with zero attached hydrogens (tertiary/aromatic N) is 2. The van der Waals surface area contributed by atoms with E-state index in [2.05, 4.69) is 33.1 Å². The Kier molecular flexibility index (Phi) is 4.62. The predicted octanol–water partition coefficient (Wildman–Crippen LogP) is 4.39. The molecule has 2 rings (SSSR count). The van der Waals surface area contributed by atoms with Crippen molar-refractivity contribution in [2.45, 2.75) is 25.0 Å². The molecule has 0 radical (unpaired) electrons. The molecule has 0 bridgehead atoms. The lowest BCUT2D eigenvalue weighted by atomic mass is 10.2. The maximum atomic E-state index is 5.58. The molecule has 0 fully saturated rings. The minimum absolute atomic E-state index is 0.580. The Labute approximate surface area is 113 Å². The van der Waals surface area contributed by atoms with Crippen molar-refractivity contribution in [3.05, 3.63) is 28.7 Å². The molecule has 2 aromatic rings. The molecule has 5 heteroatoms. The lowest BCUT2D eigenvalue weighted by Crippen LogP contribution is -1.77. The van der Waals surface area contributed by atoms with Crippen LogP contribution in [-0.4, -0.2) is 16.0 Å². The highest BCUT2D eigenvalue weighted by Gasteiger charge is 2.08. The van der Waals surface area contributed by atoms with Crippen molar-refractivity contribution in [1.82, 2.24) is 10.2 Å². The van der Waals surface area contributed by atoms with Crippen LogP contribution in [0.2, 0.25) is 0 Å². The van der Waals surface area contributed by atoms with Crippen molar-refractivity contribution < 1.29 is 4.42 Å². The first-order valence-electron chi connectivity index (χ1n) is 5.52. The molecule has 0 saturated heterocycles. The Balaban J connectivity index is 2.04. The fraction of sp³-hybridized carbons (Fsp3) is 0.333. The quantitative estimate of drug-likeness (QED) is 0.606. The molecule has 0 amide bonds. The molecule has 0 unspecified atom stereocenters. The fourth-order valence-electron chi connectivity index (χ4n) is 1.28. The van der Waals surface area contributed by atoms with Crippen LogP contribution < -0.4 is 0 Å². The number of hydrogen-bond donors (Lipinski definition) is 0. The second-order valence-electron chi connectivity index (χ2n) is 3.58. The molecule has 0 saturated carbocycles. The van der Waals surface area contributed by atoms with E-state index in [1.54, 1.807) is 11.8 Å². The summed E-state index contributed by atoms with van der Waals surface area (Å²) in [5.41, 5.74) is 0.947. The van der Waals surface area contributed by atoms with Crippen LogP contribution in [0.3, 0.4) is 0 Å². The van der Waals surface area contributed by atoms with E-state index in [-0.39, 0.29) is 0 Å². The van der Waals surface area contributed by atoms with E-state index in [4.69, 9.17) is 4.42 Å². The van der Waals surface area contributed by atoms with E-state index in [0.717, 1.165) is 15.8 Å². The van der Waals surface area contributed by atoms with Gasteiger partial charge < -0.3 is 4.42 Å². The molecular weight excluding hydrogens is 300 g/mol. The first kappa shape index (κ1) is 12.6. The molecule has 17 heavy (non-hydrogen) atoms. The van der Waals surface area contributed by atoms with Crippen molar-refractivity contribution in [3.8, 4) is 11.5 Å². The van der Waals surface area contributed by atoms with Crippen molar-refractivity contribution >= 4 is 27.7 Å². The minimum Gasteiger partial charge on any atom is -0.411 e. The van der Waals surface area contributed by atoms with E-state index < -0.39 is 0 Å². The normalized spacial score (nSPS) is 10.7. The van der Waals surface area contributed by atoms with Crippen LogP contribution in [0.25, 0.3) is 11.5 Å². The molecule has 0 aliphatic rings. The second-order valence-corrected chi connectivity index (χ2v) is 5.54. The lowest BCUT2D eigenvalue weighted by molar-refractivity contribution is 0.466. The summed E-state index contributed by atoms with van der Waals surface area (Å²) < 4.78 is 6.62. The molecule has 0 spiro atoms. The van der Waals surface area contributed by atoms with Gasteiger partial charge in [-0.3, -0.25) is 0 Å². The number of unbranched alkanes of at least 4 members (excludes halogenated alkanes) is 1. The molecular formula is C12H13BrN2OS. The third kappa shape index (κ3) is 3.57. The standard InChI is InChI=1S/C12H13BrN2OS/c1-2-3-8-17-12-15-14-11(16-12)9-4-6-10(13)7-5-9/h4-7H,2-3,8H2,1H3. The average Bonchev–Trinajstić information content (AvgIpc) is 2.79. The highest BCUT2D eigenvalue weighted by molar-refractivity contribution is 9.10. The number of halogens is 1. The SMILES string of the molecule is CCCCSc1nnc(-c2ccc(Br)cc2)o1. The van der Waals surface area contributed by atoms with Gasteiger partial charge in [0.1, 0.15) is 0 Å². The number of aromatic nitrogens is 2. The largest absolute Gasteiger partial charge is 0.411 e. The van der Waals surface area contributed by atoms with Gasteiger partial charge in [-0.1, -0.05) is 41.0 Å². The van der Waals surface area contributed by atoms with Crippen LogP contribution in [0.4, 0.5) is 0 Å². The Hall–Kier alpha value is -0.810. The van der Waals surface area contributed by atoms with Gasteiger partial charge in [0.05, 0.1) is 0 Å². The summed E-state index contributed by atoms with van der Waals surface area (Å²) in [5, 5.41) is 8.71. The first-order valence-corrected chi connectivity index (χ1v) is 7.29. The maximum absolute atomic E-state index is 5.58. The van der Waals surface area contributed by atoms with E-state index in [1.807, 2.05) is 24.3 Å². The topological polar surface area (TPSA) is 38.9 Å². The third-order valence-corrected chi connectivity index (χ3v) is 3.65. The molecule has 1 aromatic carbocycles. The third-order valence-electron chi connectivity index (χ3n) is 2.22. The van der Waals surface area contributed by atoms with Crippen molar-refractivity contribution in [1.29, 1.82) is 0 Å². The van der Waals surface area contributed by atoms with Crippen LogP contribution in [0.15, 0.2) is 38.4 Å². The minimum atomic E-state index is 0.580. The van der Waals surface area contributed by atoms with Crippen LogP contribution in [0, 0.1) is 0 Å². The van der Waals surface area contributed by atoms with Gasteiger partial charge in [-0.25, -0.2) is 0 Å². The van der Waals surface area contributed by atoms with Gasteiger partial charge in [-0.2, -0.15) is 0 Å². The van der Waals surface area contributed by atoms with Gasteiger partial charge in [0, 0.05) is 15.8 Å². The zero-order chi connectivity index (χ0) is 12.1. The lowest BCUT2D eigenvalue weighted by Gasteiger charge is -1.95. The number of thioether (sulfide) groups is 1.